The molecule has 1 heterocycles. The van der Waals surface area contributed by atoms with Gasteiger partial charge in [-0.3, -0.25) is 14.4 Å². The van der Waals surface area contributed by atoms with Crippen LogP contribution in [0.5, 0.6) is 0 Å². The Balaban J connectivity index is 1.70. The third-order valence-corrected chi connectivity index (χ3v) is 4.36. The zero-order valence-corrected chi connectivity index (χ0v) is 15.8. The fourth-order valence-corrected chi connectivity index (χ4v) is 2.79. The van der Waals surface area contributed by atoms with Gasteiger partial charge in [-0.2, -0.15) is 0 Å². The minimum Gasteiger partial charge on any atom is -0.350 e. The molecule has 3 aromatic rings. The van der Waals surface area contributed by atoms with E-state index in [9.17, 15) is 18.8 Å². The molecule has 29 heavy (non-hydrogen) atoms. The molecule has 2 aromatic carbocycles. The van der Waals surface area contributed by atoms with Crippen LogP contribution in [0.3, 0.4) is 0 Å². The molecular formula is C22H20FN3O3. The number of carbonyl (C=O) groups excluding carboxylic acids is 2. The Labute approximate surface area is 167 Å². The Bertz CT molecular complexity index is 1090. The molecule has 0 atom stereocenters. The summed E-state index contributed by atoms with van der Waals surface area (Å²) in [5.41, 5.74) is 1.23. The van der Waals surface area contributed by atoms with Gasteiger partial charge in [-0.25, -0.2) is 4.39 Å². The Morgan fingerprint density at radius 1 is 1.00 bits per heavy atom. The zero-order valence-electron chi connectivity index (χ0n) is 15.8. The molecule has 0 fully saturated rings. The highest BCUT2D eigenvalue weighted by molar-refractivity contribution is 6.04. The molecular weight excluding hydrogens is 373 g/mol. The van der Waals surface area contributed by atoms with E-state index in [1.807, 2.05) is 0 Å². The highest BCUT2D eigenvalue weighted by Gasteiger charge is 2.13. The Morgan fingerprint density at radius 2 is 1.76 bits per heavy atom. The van der Waals surface area contributed by atoms with Crippen LogP contribution < -0.4 is 16.2 Å². The summed E-state index contributed by atoms with van der Waals surface area (Å²) in [5.74, 6) is -1.19. The lowest BCUT2D eigenvalue weighted by atomic mass is 10.2. The molecule has 148 valence electrons. The number of anilines is 1. The second-order valence-electron chi connectivity index (χ2n) is 6.51. The van der Waals surface area contributed by atoms with E-state index in [2.05, 4.69) is 10.6 Å². The van der Waals surface area contributed by atoms with Crippen molar-refractivity contribution >= 4 is 17.5 Å². The van der Waals surface area contributed by atoms with Crippen LogP contribution in [0.4, 0.5) is 10.1 Å². The van der Waals surface area contributed by atoms with Crippen LogP contribution in [-0.4, -0.2) is 16.4 Å². The van der Waals surface area contributed by atoms with E-state index in [0.717, 1.165) is 0 Å². The van der Waals surface area contributed by atoms with Gasteiger partial charge in [0.05, 0.1) is 0 Å². The largest absolute Gasteiger partial charge is 0.350 e. The van der Waals surface area contributed by atoms with Crippen molar-refractivity contribution in [2.75, 3.05) is 5.32 Å². The smallest absolute Gasteiger partial charge is 0.274 e. The van der Waals surface area contributed by atoms with Crippen molar-refractivity contribution in [3.8, 4) is 0 Å². The molecule has 6 nitrogen and oxygen atoms in total. The number of pyridine rings is 1. The minimum absolute atomic E-state index is 0.0855. The van der Waals surface area contributed by atoms with E-state index < -0.39 is 17.4 Å². The SMILES string of the molecule is Cc1ccc(NC(=O)c2ccccc2)c(=O)n1CC(=O)NCc1cccc(F)c1. The normalized spacial score (nSPS) is 10.4. The molecule has 1 aromatic heterocycles. The number of halogens is 1. The molecule has 2 N–H and O–H groups in total. The summed E-state index contributed by atoms with van der Waals surface area (Å²) < 4.78 is 14.5. The third kappa shape index (κ3) is 5.16. The van der Waals surface area contributed by atoms with Crippen molar-refractivity contribution < 1.29 is 14.0 Å². The van der Waals surface area contributed by atoms with E-state index >= 15 is 0 Å². The number of benzene rings is 2. The van der Waals surface area contributed by atoms with E-state index in [4.69, 9.17) is 0 Å². The number of aryl methyl sites for hydroxylation is 1. The van der Waals surface area contributed by atoms with Crippen LogP contribution in [0.25, 0.3) is 0 Å². The first kappa shape index (κ1) is 20.0. The maximum atomic E-state index is 13.2. The molecule has 0 spiro atoms. The molecule has 3 rings (SSSR count). The van der Waals surface area contributed by atoms with E-state index in [-0.39, 0.29) is 24.6 Å². The average Bonchev–Trinajstić information content (AvgIpc) is 2.72. The van der Waals surface area contributed by atoms with E-state index in [1.165, 1.54) is 22.8 Å². The van der Waals surface area contributed by atoms with Gasteiger partial charge in [-0.15, -0.1) is 0 Å². The van der Waals surface area contributed by atoms with Crippen LogP contribution in [0.15, 0.2) is 71.5 Å². The van der Waals surface area contributed by atoms with Gasteiger partial charge >= 0.3 is 0 Å². The van der Waals surface area contributed by atoms with Crippen LogP contribution in [-0.2, 0) is 17.9 Å². The molecule has 0 unspecified atom stereocenters. The Kier molecular flexibility index (Phi) is 6.19. The second kappa shape index (κ2) is 8.97. The first-order valence-electron chi connectivity index (χ1n) is 9.02. The van der Waals surface area contributed by atoms with Crippen LogP contribution in [0.2, 0.25) is 0 Å². The van der Waals surface area contributed by atoms with Crippen molar-refractivity contribution in [1.29, 1.82) is 0 Å². The summed E-state index contributed by atoms with van der Waals surface area (Å²) in [6, 6.07) is 17.6. The van der Waals surface area contributed by atoms with Crippen LogP contribution >= 0.6 is 0 Å². The summed E-state index contributed by atoms with van der Waals surface area (Å²) in [5, 5.41) is 5.25. The summed E-state index contributed by atoms with van der Waals surface area (Å²) in [6.07, 6.45) is 0. The number of amides is 2. The van der Waals surface area contributed by atoms with E-state index in [0.29, 0.717) is 16.8 Å². The van der Waals surface area contributed by atoms with Crippen molar-refractivity contribution in [1.82, 2.24) is 9.88 Å². The fourth-order valence-electron chi connectivity index (χ4n) is 2.79. The molecule has 0 bridgehead atoms. The first-order chi connectivity index (χ1) is 13.9. The monoisotopic (exact) mass is 393 g/mol. The highest BCUT2D eigenvalue weighted by Crippen LogP contribution is 2.07. The van der Waals surface area contributed by atoms with Crippen LogP contribution in [0.1, 0.15) is 21.6 Å². The number of nitrogens with one attached hydrogen (secondary N) is 2. The summed E-state index contributed by atoms with van der Waals surface area (Å²) in [4.78, 5) is 37.3. The van der Waals surface area contributed by atoms with Gasteiger partial charge in [0.1, 0.15) is 18.0 Å². The van der Waals surface area contributed by atoms with Gasteiger partial charge in [0.25, 0.3) is 11.5 Å². The highest BCUT2D eigenvalue weighted by atomic mass is 19.1. The van der Waals surface area contributed by atoms with Gasteiger partial charge in [0.2, 0.25) is 5.91 Å². The zero-order chi connectivity index (χ0) is 20.8. The van der Waals surface area contributed by atoms with Gasteiger partial charge in [0.15, 0.2) is 0 Å². The lowest BCUT2D eigenvalue weighted by Gasteiger charge is -2.13. The molecule has 2 amide bonds. The number of carbonyl (C=O) groups is 2. The third-order valence-electron chi connectivity index (χ3n) is 4.36. The second-order valence-corrected chi connectivity index (χ2v) is 6.51. The van der Waals surface area contributed by atoms with Gasteiger partial charge < -0.3 is 15.2 Å². The van der Waals surface area contributed by atoms with E-state index in [1.54, 1.807) is 55.5 Å². The number of hydrogen-bond acceptors (Lipinski definition) is 3. The lowest BCUT2D eigenvalue weighted by molar-refractivity contribution is -0.121. The molecule has 0 saturated carbocycles. The standard InChI is InChI=1S/C22H20FN3O3/c1-15-10-11-19(25-21(28)17-7-3-2-4-8-17)22(29)26(15)14-20(27)24-13-16-6-5-9-18(23)12-16/h2-12H,13-14H2,1H3,(H,24,27)(H,25,28). The van der Waals surface area contributed by atoms with Gasteiger partial charge in [0, 0.05) is 17.8 Å². The summed E-state index contributed by atoms with van der Waals surface area (Å²) in [6.45, 7) is 1.63. The quantitative estimate of drug-likeness (QED) is 0.676. The van der Waals surface area contributed by atoms with Crippen molar-refractivity contribution in [2.24, 2.45) is 0 Å². The van der Waals surface area contributed by atoms with Gasteiger partial charge in [-0.1, -0.05) is 30.3 Å². The average molecular weight is 393 g/mol. The predicted octanol–water partition coefficient (Wildman–Crippen LogP) is 2.86. The Hall–Kier alpha value is -3.74. The molecule has 0 saturated heterocycles. The molecule has 0 aliphatic carbocycles. The van der Waals surface area contributed by atoms with Crippen molar-refractivity contribution in [3.05, 3.63) is 99.7 Å². The van der Waals surface area contributed by atoms with Gasteiger partial charge in [-0.05, 0) is 48.9 Å². The Morgan fingerprint density at radius 3 is 2.48 bits per heavy atom. The fraction of sp³-hybridized carbons (Fsp3) is 0.136. The molecule has 0 aliphatic heterocycles. The first-order valence-corrected chi connectivity index (χ1v) is 9.02. The minimum atomic E-state index is -0.477. The number of nitrogens with zero attached hydrogens (tertiary/aromatic N) is 1. The summed E-state index contributed by atoms with van der Waals surface area (Å²) >= 11 is 0. The van der Waals surface area contributed by atoms with Crippen molar-refractivity contribution in [3.63, 3.8) is 0 Å². The lowest BCUT2D eigenvalue weighted by Crippen LogP contribution is -2.34. The number of hydrogen-bond donors (Lipinski definition) is 2. The van der Waals surface area contributed by atoms with Crippen molar-refractivity contribution in [2.45, 2.75) is 20.0 Å². The maximum Gasteiger partial charge on any atom is 0.274 e. The van der Waals surface area contributed by atoms with Crippen LogP contribution in [0, 0.1) is 12.7 Å². The molecule has 0 radical (unpaired) electrons. The predicted molar refractivity (Wildman–Crippen MR) is 108 cm³/mol. The number of rotatable bonds is 6. The summed E-state index contributed by atoms with van der Waals surface area (Å²) in [7, 11) is 0. The molecule has 0 aliphatic rings. The maximum absolute atomic E-state index is 13.2. The topological polar surface area (TPSA) is 80.2 Å². The number of aromatic nitrogens is 1. The molecule has 7 heteroatoms.